The van der Waals surface area contributed by atoms with Gasteiger partial charge in [0, 0.05) is 5.39 Å². The van der Waals surface area contributed by atoms with Crippen molar-refractivity contribution >= 4 is 45.3 Å². The molecule has 36 heavy (non-hydrogen) atoms. The van der Waals surface area contributed by atoms with Gasteiger partial charge < -0.3 is 9.15 Å². The van der Waals surface area contributed by atoms with Gasteiger partial charge in [-0.2, -0.15) is 0 Å². The Balaban J connectivity index is 1.22. The maximum atomic E-state index is 13.3. The number of para-hydroxylation sites is 3. The third-order valence-electron chi connectivity index (χ3n) is 6.38. The number of ether oxygens (including phenoxy) is 1. The van der Waals surface area contributed by atoms with Gasteiger partial charge in [-0.05, 0) is 48.2 Å². The molecule has 0 atom stereocenters. The Kier molecular flexibility index (Phi) is 5.33. The second kappa shape index (κ2) is 8.81. The third-order valence-corrected chi connectivity index (χ3v) is 6.38. The van der Waals surface area contributed by atoms with Gasteiger partial charge in [-0.1, -0.05) is 48.5 Å². The summed E-state index contributed by atoms with van der Waals surface area (Å²) in [6, 6.07) is 22.6. The van der Waals surface area contributed by atoms with E-state index in [2.05, 4.69) is 4.98 Å². The van der Waals surface area contributed by atoms with Crippen LogP contribution in [0.2, 0.25) is 0 Å². The summed E-state index contributed by atoms with van der Waals surface area (Å²) >= 11 is 0. The van der Waals surface area contributed by atoms with Crippen LogP contribution in [0.3, 0.4) is 0 Å². The van der Waals surface area contributed by atoms with Crippen LogP contribution in [0.15, 0.2) is 88.3 Å². The number of aromatic nitrogens is 2. The molecule has 1 amide bonds. The molecule has 3 heterocycles. The Labute approximate surface area is 205 Å². The van der Waals surface area contributed by atoms with Crippen LogP contribution in [0.25, 0.3) is 22.1 Å². The fourth-order valence-corrected chi connectivity index (χ4v) is 4.67. The summed E-state index contributed by atoms with van der Waals surface area (Å²) in [6.45, 7) is -0.851. The molecule has 0 bridgehead atoms. The van der Waals surface area contributed by atoms with E-state index < -0.39 is 18.1 Å². The molecule has 0 saturated carbocycles. The quantitative estimate of drug-likeness (QED) is 0.360. The molecule has 5 aromatic rings. The first-order chi connectivity index (χ1) is 17.6. The monoisotopic (exact) mass is 479 g/mol. The molecule has 1 aliphatic heterocycles. The molecule has 178 valence electrons. The molecule has 0 radical (unpaired) electrons. The Morgan fingerprint density at radius 2 is 1.53 bits per heavy atom. The molecule has 0 fully saturated rings. The predicted octanol–water partition coefficient (Wildman–Crippen LogP) is 4.15. The lowest BCUT2D eigenvalue weighted by molar-refractivity contribution is -0.148. The predicted molar refractivity (Wildman–Crippen MR) is 134 cm³/mol. The molecular formula is C28H21N3O5. The normalized spacial score (nSPS) is 12.7. The number of hydrogen-bond acceptors (Lipinski definition) is 6. The van der Waals surface area contributed by atoms with E-state index in [4.69, 9.17) is 9.15 Å². The van der Waals surface area contributed by atoms with Gasteiger partial charge in [0.25, 0.3) is 11.5 Å². The second-order valence-electron chi connectivity index (χ2n) is 8.60. The number of hydrogen-bond donors (Lipinski definition) is 0. The first-order valence-electron chi connectivity index (χ1n) is 11.6. The maximum Gasteiger partial charge on any atom is 0.326 e. The Morgan fingerprint density at radius 3 is 2.25 bits per heavy atom. The molecule has 2 aromatic heterocycles. The minimum Gasteiger partial charge on any atom is -0.454 e. The number of nitrogens with zero attached hydrogens (tertiary/aromatic N) is 3. The van der Waals surface area contributed by atoms with Crippen LogP contribution in [0.4, 0.5) is 11.4 Å². The van der Waals surface area contributed by atoms with Gasteiger partial charge in [0.1, 0.15) is 17.6 Å². The van der Waals surface area contributed by atoms with E-state index >= 15 is 0 Å². The Hall–Kier alpha value is -4.72. The number of amides is 1. The van der Waals surface area contributed by atoms with Gasteiger partial charge >= 0.3 is 5.97 Å². The largest absolute Gasteiger partial charge is 0.454 e. The van der Waals surface area contributed by atoms with Crippen LogP contribution in [-0.2, 0) is 33.7 Å². The number of aryl methyl sites for hydroxylation is 2. The standard InChI is InChI=1S/C28H21N3O5/c32-24(31-21-10-4-1-7-18(21)13-14-19-8-2-5-11-22(19)31)16-35-25(33)15-30-17-29-26-20-9-3-6-12-23(20)36-27(26)28(30)34/h1-12,17H,13-16H2. The molecule has 8 heteroatoms. The van der Waals surface area contributed by atoms with E-state index in [9.17, 15) is 14.4 Å². The zero-order valence-electron chi connectivity index (χ0n) is 19.2. The first kappa shape index (κ1) is 21.8. The van der Waals surface area contributed by atoms with E-state index in [1.165, 1.54) is 6.33 Å². The molecule has 8 nitrogen and oxygen atoms in total. The number of esters is 1. The Bertz CT molecular complexity index is 1650. The Morgan fingerprint density at radius 1 is 0.889 bits per heavy atom. The lowest BCUT2D eigenvalue weighted by Crippen LogP contribution is -2.33. The van der Waals surface area contributed by atoms with Crippen LogP contribution < -0.4 is 10.5 Å². The van der Waals surface area contributed by atoms with Gasteiger partial charge in [-0.15, -0.1) is 0 Å². The van der Waals surface area contributed by atoms with Crippen molar-refractivity contribution in [2.75, 3.05) is 11.5 Å². The maximum absolute atomic E-state index is 13.3. The summed E-state index contributed by atoms with van der Waals surface area (Å²) in [4.78, 5) is 44.7. The van der Waals surface area contributed by atoms with Gasteiger partial charge in [-0.3, -0.25) is 23.9 Å². The van der Waals surface area contributed by atoms with Crippen molar-refractivity contribution in [3.8, 4) is 0 Å². The summed E-state index contributed by atoms with van der Waals surface area (Å²) in [5, 5.41) is 0.725. The van der Waals surface area contributed by atoms with Crippen molar-refractivity contribution in [1.29, 1.82) is 0 Å². The second-order valence-corrected chi connectivity index (χ2v) is 8.60. The summed E-state index contributed by atoms with van der Waals surface area (Å²) in [5.41, 5.74) is 4.21. The van der Waals surface area contributed by atoms with E-state index in [1.807, 2.05) is 60.7 Å². The van der Waals surface area contributed by atoms with E-state index in [0.717, 1.165) is 45.3 Å². The highest BCUT2D eigenvalue weighted by atomic mass is 16.5. The topological polar surface area (TPSA) is 94.6 Å². The fraction of sp³-hybridized carbons (Fsp3) is 0.143. The molecule has 0 N–H and O–H groups in total. The molecule has 6 rings (SSSR count). The molecule has 0 aliphatic carbocycles. The number of rotatable bonds is 4. The SMILES string of the molecule is O=C(Cn1cnc2c(oc3ccccc32)c1=O)OCC(=O)N1c2ccccc2CCc2ccccc21. The van der Waals surface area contributed by atoms with E-state index in [0.29, 0.717) is 11.1 Å². The molecule has 1 aliphatic rings. The van der Waals surface area contributed by atoms with Crippen molar-refractivity contribution in [3.05, 3.63) is 101 Å². The highest BCUT2D eigenvalue weighted by molar-refractivity contribution is 6.04. The minimum atomic E-state index is -0.723. The van der Waals surface area contributed by atoms with E-state index in [-0.39, 0.29) is 18.0 Å². The average molecular weight is 479 g/mol. The zero-order chi connectivity index (χ0) is 24.6. The van der Waals surface area contributed by atoms with Crippen LogP contribution in [-0.4, -0.2) is 28.0 Å². The van der Waals surface area contributed by atoms with Crippen molar-refractivity contribution in [2.24, 2.45) is 0 Å². The van der Waals surface area contributed by atoms with Crippen LogP contribution in [0, 0.1) is 0 Å². The van der Waals surface area contributed by atoms with Gasteiger partial charge in [0.05, 0.1) is 17.7 Å². The van der Waals surface area contributed by atoms with Crippen molar-refractivity contribution in [2.45, 2.75) is 19.4 Å². The van der Waals surface area contributed by atoms with Crippen LogP contribution >= 0.6 is 0 Å². The molecule has 0 spiro atoms. The van der Waals surface area contributed by atoms with Crippen molar-refractivity contribution in [3.63, 3.8) is 0 Å². The minimum absolute atomic E-state index is 0.0698. The number of anilines is 2. The highest BCUT2D eigenvalue weighted by Gasteiger charge is 2.26. The van der Waals surface area contributed by atoms with E-state index in [1.54, 1.807) is 17.0 Å². The highest BCUT2D eigenvalue weighted by Crippen LogP contribution is 2.36. The number of carbonyl (C=O) groups is 2. The smallest absolute Gasteiger partial charge is 0.326 e. The lowest BCUT2D eigenvalue weighted by Gasteiger charge is -2.24. The average Bonchev–Trinajstić information content (AvgIpc) is 3.20. The summed E-state index contributed by atoms with van der Waals surface area (Å²) in [7, 11) is 0. The molecule has 0 saturated heterocycles. The van der Waals surface area contributed by atoms with Crippen molar-refractivity contribution < 1.29 is 18.7 Å². The lowest BCUT2D eigenvalue weighted by atomic mass is 10.0. The number of benzene rings is 3. The zero-order valence-corrected chi connectivity index (χ0v) is 19.2. The summed E-state index contributed by atoms with van der Waals surface area (Å²) < 4.78 is 12.1. The van der Waals surface area contributed by atoms with Gasteiger partial charge in [0.2, 0.25) is 5.58 Å². The first-order valence-corrected chi connectivity index (χ1v) is 11.6. The molecule has 3 aromatic carbocycles. The summed E-state index contributed by atoms with van der Waals surface area (Å²) in [5.74, 6) is -1.09. The fourth-order valence-electron chi connectivity index (χ4n) is 4.67. The third kappa shape index (κ3) is 3.73. The number of furan rings is 1. The summed E-state index contributed by atoms with van der Waals surface area (Å²) in [6.07, 6.45) is 2.89. The molecular weight excluding hydrogens is 458 g/mol. The van der Waals surface area contributed by atoms with Gasteiger partial charge in [0.15, 0.2) is 6.61 Å². The van der Waals surface area contributed by atoms with Crippen LogP contribution in [0.1, 0.15) is 11.1 Å². The van der Waals surface area contributed by atoms with Gasteiger partial charge in [-0.25, -0.2) is 4.98 Å². The van der Waals surface area contributed by atoms with Crippen molar-refractivity contribution in [1.82, 2.24) is 9.55 Å². The van der Waals surface area contributed by atoms with Crippen LogP contribution in [0.5, 0.6) is 0 Å². The molecule has 0 unspecified atom stereocenters. The number of carbonyl (C=O) groups excluding carboxylic acids is 2. The number of fused-ring (bicyclic) bond motifs is 5.